The van der Waals surface area contributed by atoms with Crippen LogP contribution in [0.4, 0.5) is 0 Å². The molecule has 0 N–H and O–H groups in total. The van der Waals surface area contributed by atoms with Gasteiger partial charge in [-0.1, -0.05) is 68.2 Å². The molecule has 0 aromatic heterocycles. The summed E-state index contributed by atoms with van der Waals surface area (Å²) in [5, 5.41) is 0. The first-order valence-corrected chi connectivity index (χ1v) is 7.25. The maximum atomic E-state index is 11.9. The number of nitrogens with zero attached hydrogens (tertiary/aromatic N) is 1. The van der Waals surface area contributed by atoms with Crippen molar-refractivity contribution in [3.8, 4) is 0 Å². The lowest BCUT2D eigenvalue weighted by Gasteiger charge is -2.09. The van der Waals surface area contributed by atoms with Crippen LogP contribution in [0.25, 0.3) is 6.08 Å². The van der Waals surface area contributed by atoms with Gasteiger partial charge in [-0.2, -0.15) is 0 Å². The zero-order valence-electron chi connectivity index (χ0n) is 10.8. The van der Waals surface area contributed by atoms with Gasteiger partial charge in [-0.05, 0) is 18.6 Å². The first-order valence-electron chi connectivity index (χ1n) is 6.03. The van der Waals surface area contributed by atoms with Gasteiger partial charge in [-0.25, -0.2) is 0 Å². The second kappa shape index (κ2) is 7.34. The van der Waals surface area contributed by atoms with E-state index >= 15 is 0 Å². The van der Waals surface area contributed by atoms with Gasteiger partial charge in [0.25, 0.3) is 5.91 Å². The number of hydrogen-bond acceptors (Lipinski definition) is 3. The highest BCUT2D eigenvalue weighted by atomic mass is 32.2. The number of rotatable bonds is 2. The van der Waals surface area contributed by atoms with Gasteiger partial charge in [0, 0.05) is 6.54 Å². The number of thiocarbonyl (C=S) groups is 1. The van der Waals surface area contributed by atoms with E-state index in [9.17, 15) is 4.79 Å². The van der Waals surface area contributed by atoms with Gasteiger partial charge in [0.15, 0.2) is 0 Å². The molecule has 0 saturated carbocycles. The number of carbonyl (C=O) groups excluding carboxylic acids is 1. The molecule has 0 aliphatic carbocycles. The topological polar surface area (TPSA) is 20.3 Å². The van der Waals surface area contributed by atoms with Gasteiger partial charge in [-0.3, -0.25) is 9.69 Å². The van der Waals surface area contributed by atoms with E-state index in [-0.39, 0.29) is 5.91 Å². The van der Waals surface area contributed by atoms with Crippen LogP contribution in [0.1, 0.15) is 26.3 Å². The van der Waals surface area contributed by atoms with Crippen LogP contribution in [0.3, 0.4) is 0 Å². The average Bonchev–Trinajstić information content (AvgIpc) is 2.68. The largest absolute Gasteiger partial charge is 0.293 e. The molecule has 0 spiro atoms. The summed E-state index contributed by atoms with van der Waals surface area (Å²) in [5.41, 5.74) is 1.03. The smallest absolute Gasteiger partial charge is 0.266 e. The fourth-order valence-corrected chi connectivity index (χ4v) is 2.86. The van der Waals surface area contributed by atoms with E-state index in [2.05, 4.69) is 0 Å². The van der Waals surface area contributed by atoms with Gasteiger partial charge in [-0.15, -0.1) is 0 Å². The maximum Gasteiger partial charge on any atom is 0.266 e. The third-order valence-electron chi connectivity index (χ3n) is 2.29. The molecule has 2 rings (SSSR count). The summed E-state index contributed by atoms with van der Waals surface area (Å²) in [6.07, 6.45) is 1.88. The SMILES string of the molecule is CC.CCN1C(=O)/C(=C\c2ccccc2)SC1=S. The Morgan fingerprint density at radius 2 is 1.89 bits per heavy atom. The predicted molar refractivity (Wildman–Crippen MR) is 83.3 cm³/mol. The lowest BCUT2D eigenvalue weighted by molar-refractivity contribution is -0.121. The molecule has 1 saturated heterocycles. The van der Waals surface area contributed by atoms with E-state index in [4.69, 9.17) is 12.2 Å². The number of amides is 1. The lowest BCUT2D eigenvalue weighted by Crippen LogP contribution is -2.27. The van der Waals surface area contributed by atoms with Crippen LogP contribution in [0.5, 0.6) is 0 Å². The normalized spacial score (nSPS) is 16.8. The van der Waals surface area contributed by atoms with E-state index < -0.39 is 0 Å². The molecule has 0 radical (unpaired) electrons. The van der Waals surface area contributed by atoms with E-state index in [1.54, 1.807) is 4.90 Å². The van der Waals surface area contributed by atoms with E-state index in [1.165, 1.54) is 11.8 Å². The Morgan fingerprint density at radius 3 is 2.39 bits per heavy atom. The molecule has 1 aliphatic heterocycles. The maximum absolute atomic E-state index is 11.9. The quantitative estimate of drug-likeness (QED) is 0.604. The highest BCUT2D eigenvalue weighted by Gasteiger charge is 2.30. The van der Waals surface area contributed by atoms with Crippen LogP contribution >= 0.6 is 24.0 Å². The summed E-state index contributed by atoms with van der Waals surface area (Å²) < 4.78 is 0.648. The fraction of sp³-hybridized carbons (Fsp3) is 0.286. The Morgan fingerprint density at radius 1 is 1.28 bits per heavy atom. The Balaban J connectivity index is 0.000000771. The summed E-state index contributed by atoms with van der Waals surface area (Å²) in [6, 6.07) is 9.80. The molecule has 1 aromatic rings. The first kappa shape index (κ1) is 14.9. The van der Waals surface area contributed by atoms with Crippen molar-refractivity contribution in [2.24, 2.45) is 0 Å². The Bertz CT molecular complexity index is 454. The molecule has 1 aliphatic rings. The van der Waals surface area contributed by atoms with Crippen LogP contribution in [0, 0.1) is 0 Å². The van der Waals surface area contributed by atoms with Gasteiger partial charge < -0.3 is 0 Å². The molecule has 2 nitrogen and oxygen atoms in total. The summed E-state index contributed by atoms with van der Waals surface area (Å²) >= 11 is 6.51. The highest BCUT2D eigenvalue weighted by Crippen LogP contribution is 2.31. The zero-order valence-corrected chi connectivity index (χ0v) is 12.5. The predicted octanol–water partition coefficient (Wildman–Crippen LogP) is 3.93. The molecule has 0 unspecified atom stereocenters. The van der Waals surface area contributed by atoms with Crippen molar-refractivity contribution in [2.75, 3.05) is 6.54 Å². The van der Waals surface area contributed by atoms with Crippen LogP contribution in [-0.2, 0) is 4.79 Å². The molecule has 1 aromatic carbocycles. The Hall–Kier alpha value is -1.13. The van der Waals surface area contributed by atoms with Crippen molar-refractivity contribution in [1.82, 2.24) is 4.90 Å². The van der Waals surface area contributed by atoms with E-state index in [0.717, 1.165) is 5.56 Å². The van der Waals surface area contributed by atoms with Crippen molar-refractivity contribution in [1.29, 1.82) is 0 Å². The molecule has 96 valence electrons. The number of hydrogen-bond donors (Lipinski definition) is 0. The minimum atomic E-state index is 0.0151. The van der Waals surface area contributed by atoms with Crippen LogP contribution in [-0.4, -0.2) is 21.7 Å². The molecule has 0 atom stereocenters. The number of benzene rings is 1. The van der Waals surface area contributed by atoms with Gasteiger partial charge in [0.2, 0.25) is 0 Å². The van der Waals surface area contributed by atoms with Crippen molar-refractivity contribution < 1.29 is 4.79 Å². The summed E-state index contributed by atoms with van der Waals surface area (Å²) in [5.74, 6) is 0.0151. The average molecular weight is 279 g/mol. The van der Waals surface area contributed by atoms with Crippen molar-refractivity contribution in [3.05, 3.63) is 40.8 Å². The van der Waals surface area contributed by atoms with Crippen molar-refractivity contribution >= 4 is 40.3 Å². The second-order valence-electron chi connectivity index (χ2n) is 3.34. The monoisotopic (exact) mass is 279 g/mol. The van der Waals surface area contributed by atoms with Crippen molar-refractivity contribution in [3.63, 3.8) is 0 Å². The van der Waals surface area contributed by atoms with Crippen LogP contribution in [0.15, 0.2) is 35.2 Å². The molecule has 4 heteroatoms. The number of likely N-dealkylation sites (N-methyl/N-ethyl adjacent to an activating group) is 1. The summed E-state index contributed by atoms with van der Waals surface area (Å²) in [4.78, 5) is 14.2. The Labute approximate surface area is 118 Å². The zero-order chi connectivity index (χ0) is 13.5. The van der Waals surface area contributed by atoms with Gasteiger partial charge >= 0.3 is 0 Å². The standard InChI is InChI=1S/C12H11NOS2.C2H6/c1-2-13-11(14)10(16-12(13)15)8-9-6-4-3-5-7-9;1-2/h3-8H,2H2,1H3;1-2H3/b10-8+;. The van der Waals surface area contributed by atoms with E-state index in [0.29, 0.717) is 15.8 Å². The molecule has 0 bridgehead atoms. The summed E-state index contributed by atoms with van der Waals surface area (Å²) in [6.45, 7) is 6.56. The third-order valence-corrected chi connectivity index (χ3v) is 3.66. The number of carbonyl (C=O) groups is 1. The number of thioether (sulfide) groups is 1. The molecule has 1 amide bonds. The fourth-order valence-electron chi connectivity index (χ4n) is 1.47. The minimum absolute atomic E-state index is 0.0151. The molecular formula is C14H17NOS2. The summed E-state index contributed by atoms with van der Waals surface area (Å²) in [7, 11) is 0. The van der Waals surface area contributed by atoms with Crippen LogP contribution in [0.2, 0.25) is 0 Å². The molecule has 1 fully saturated rings. The molecule has 1 heterocycles. The second-order valence-corrected chi connectivity index (χ2v) is 5.01. The van der Waals surface area contributed by atoms with E-state index in [1.807, 2.05) is 57.2 Å². The lowest BCUT2D eigenvalue weighted by atomic mass is 10.2. The first-order chi connectivity index (χ1) is 8.72. The molecular weight excluding hydrogens is 262 g/mol. The third kappa shape index (κ3) is 3.43. The minimum Gasteiger partial charge on any atom is -0.293 e. The van der Waals surface area contributed by atoms with Crippen molar-refractivity contribution in [2.45, 2.75) is 20.8 Å². The highest BCUT2D eigenvalue weighted by molar-refractivity contribution is 8.26. The molecule has 18 heavy (non-hydrogen) atoms. The van der Waals surface area contributed by atoms with Crippen LogP contribution < -0.4 is 0 Å². The van der Waals surface area contributed by atoms with Gasteiger partial charge in [0.1, 0.15) is 4.32 Å². The van der Waals surface area contributed by atoms with Gasteiger partial charge in [0.05, 0.1) is 4.91 Å². The Kier molecular flexibility index (Phi) is 6.09.